The van der Waals surface area contributed by atoms with Crippen molar-refractivity contribution < 1.29 is 24.2 Å². The molecule has 3 N–H and O–H groups in total. The third-order valence-corrected chi connectivity index (χ3v) is 4.88. The highest BCUT2D eigenvalue weighted by molar-refractivity contribution is 6.31. The zero-order chi connectivity index (χ0) is 21.0. The molecule has 1 aromatic heterocycles. The van der Waals surface area contributed by atoms with Crippen LogP contribution in [0.15, 0.2) is 24.3 Å². The second-order valence-electron chi connectivity index (χ2n) is 6.63. The topological polar surface area (TPSA) is 134 Å². The number of hydrogen-bond acceptors (Lipinski definition) is 6. The van der Waals surface area contributed by atoms with Gasteiger partial charge in [-0.15, -0.1) is 10.2 Å². The Balaban J connectivity index is 1.73. The highest BCUT2D eigenvalue weighted by Crippen LogP contribution is 2.18. The first-order valence-electron chi connectivity index (χ1n) is 8.87. The monoisotopic (exact) mass is 421 g/mol. The predicted molar refractivity (Wildman–Crippen MR) is 104 cm³/mol. The summed E-state index contributed by atoms with van der Waals surface area (Å²) in [6, 6.07) is 5.48. The zero-order valence-electron chi connectivity index (χ0n) is 15.6. The molecule has 3 rings (SSSR count). The highest BCUT2D eigenvalue weighted by Gasteiger charge is 2.33. The average Bonchev–Trinajstić information content (AvgIpc) is 2.68. The number of ether oxygens (including phenoxy) is 1. The van der Waals surface area contributed by atoms with Crippen molar-refractivity contribution >= 4 is 40.4 Å². The lowest BCUT2D eigenvalue weighted by Gasteiger charge is -2.38. The van der Waals surface area contributed by atoms with Crippen LogP contribution in [0, 0.1) is 0 Å². The van der Waals surface area contributed by atoms with Crippen LogP contribution in [0.3, 0.4) is 0 Å². The van der Waals surface area contributed by atoms with Crippen molar-refractivity contribution in [1.82, 2.24) is 25.7 Å². The van der Waals surface area contributed by atoms with Gasteiger partial charge >= 0.3 is 6.09 Å². The first-order chi connectivity index (χ1) is 13.9. The summed E-state index contributed by atoms with van der Waals surface area (Å²) in [6.45, 7) is 0.404. The first-order valence-corrected chi connectivity index (χ1v) is 9.25. The van der Waals surface area contributed by atoms with Gasteiger partial charge < -0.3 is 25.4 Å². The van der Waals surface area contributed by atoms with Crippen LogP contribution in [0.25, 0.3) is 10.9 Å². The van der Waals surface area contributed by atoms with Gasteiger partial charge in [-0.25, -0.2) is 4.79 Å². The van der Waals surface area contributed by atoms with Gasteiger partial charge in [0, 0.05) is 30.6 Å². The minimum absolute atomic E-state index is 0.0898. The van der Waals surface area contributed by atoms with Crippen LogP contribution in [0.5, 0.6) is 0 Å². The van der Waals surface area contributed by atoms with Crippen LogP contribution in [0.2, 0.25) is 5.02 Å². The normalized spacial score (nSPS) is 19.0. The van der Waals surface area contributed by atoms with Crippen molar-refractivity contribution in [1.29, 1.82) is 0 Å². The summed E-state index contributed by atoms with van der Waals surface area (Å²) in [5.41, 5.74) is 0.663. The molecular weight excluding hydrogens is 402 g/mol. The molecule has 1 saturated heterocycles. The molecular formula is C18H20ClN5O5. The molecule has 1 aromatic carbocycles. The van der Waals surface area contributed by atoms with Gasteiger partial charge in [-0.05, 0) is 24.6 Å². The van der Waals surface area contributed by atoms with Crippen LogP contribution >= 0.6 is 11.6 Å². The van der Waals surface area contributed by atoms with E-state index in [0.717, 1.165) is 0 Å². The molecule has 1 aliphatic heterocycles. The van der Waals surface area contributed by atoms with Gasteiger partial charge in [0.15, 0.2) is 5.69 Å². The molecule has 0 aliphatic carbocycles. The standard InChI is InChI=1S/C18H20ClN5O5/c1-29-9-16(25)24-5-4-12(15(8-24)21-18(27)28)20-17(26)14-6-10-2-3-11(19)7-13(10)22-23-14/h2-3,6-7,12,15,21H,4-5,8-9H2,1H3,(H,20,26)(H,27,28)/t12-,15+/m0/s1. The molecule has 3 amide bonds. The number of carboxylic acid groups (broad SMARTS) is 1. The Kier molecular flexibility index (Phi) is 6.45. The van der Waals surface area contributed by atoms with E-state index in [2.05, 4.69) is 20.8 Å². The summed E-state index contributed by atoms with van der Waals surface area (Å²) in [5, 5.41) is 23.4. The number of hydrogen-bond donors (Lipinski definition) is 3. The number of aromatic nitrogens is 2. The molecule has 0 unspecified atom stereocenters. The lowest BCUT2D eigenvalue weighted by molar-refractivity contribution is -0.136. The Morgan fingerprint density at radius 2 is 2.03 bits per heavy atom. The van der Waals surface area contributed by atoms with Gasteiger partial charge in [-0.1, -0.05) is 17.7 Å². The van der Waals surface area contributed by atoms with E-state index in [4.69, 9.17) is 21.4 Å². The Hall–Kier alpha value is -2.98. The molecule has 2 atom stereocenters. The molecule has 1 aliphatic rings. The van der Waals surface area contributed by atoms with E-state index in [0.29, 0.717) is 28.9 Å². The summed E-state index contributed by atoms with van der Waals surface area (Å²) >= 11 is 5.92. The molecule has 154 valence electrons. The Morgan fingerprint density at radius 3 is 2.76 bits per heavy atom. The van der Waals surface area contributed by atoms with Gasteiger partial charge in [0.05, 0.1) is 17.6 Å². The minimum atomic E-state index is -1.24. The number of carbonyl (C=O) groups excluding carboxylic acids is 2. The van der Waals surface area contributed by atoms with E-state index in [9.17, 15) is 14.4 Å². The Labute approximate surface area is 171 Å². The van der Waals surface area contributed by atoms with Crippen molar-refractivity contribution in [3.05, 3.63) is 35.0 Å². The summed E-state index contributed by atoms with van der Waals surface area (Å²) < 4.78 is 4.84. The molecule has 0 spiro atoms. The predicted octanol–water partition coefficient (Wildman–Crippen LogP) is 0.897. The maximum Gasteiger partial charge on any atom is 0.405 e. The van der Waals surface area contributed by atoms with Gasteiger partial charge in [0.1, 0.15) is 6.61 Å². The van der Waals surface area contributed by atoms with Crippen molar-refractivity contribution in [2.45, 2.75) is 18.5 Å². The molecule has 0 saturated carbocycles. The van der Waals surface area contributed by atoms with Crippen LogP contribution in [-0.2, 0) is 9.53 Å². The lowest BCUT2D eigenvalue weighted by atomic mass is 9.98. The lowest BCUT2D eigenvalue weighted by Crippen LogP contribution is -2.61. The number of likely N-dealkylation sites (tertiary alicyclic amines) is 1. The SMILES string of the molecule is COCC(=O)N1CC[C@H](NC(=O)c2cc3ccc(Cl)cc3nn2)[C@H](NC(=O)O)C1. The van der Waals surface area contributed by atoms with Crippen molar-refractivity contribution in [3.63, 3.8) is 0 Å². The summed E-state index contributed by atoms with van der Waals surface area (Å²) in [4.78, 5) is 37.4. The summed E-state index contributed by atoms with van der Waals surface area (Å²) in [7, 11) is 1.41. The van der Waals surface area contributed by atoms with Crippen molar-refractivity contribution in [3.8, 4) is 0 Å². The third-order valence-electron chi connectivity index (χ3n) is 4.64. The summed E-state index contributed by atoms with van der Waals surface area (Å²) in [6.07, 6.45) is -0.861. The second kappa shape index (κ2) is 9.01. The van der Waals surface area contributed by atoms with E-state index in [1.54, 1.807) is 24.3 Å². The number of benzene rings is 1. The number of rotatable bonds is 5. The van der Waals surface area contributed by atoms with Crippen molar-refractivity contribution in [2.24, 2.45) is 0 Å². The number of methoxy groups -OCH3 is 1. The molecule has 2 heterocycles. The fourth-order valence-corrected chi connectivity index (χ4v) is 3.40. The van der Waals surface area contributed by atoms with Gasteiger partial charge in [-0.3, -0.25) is 9.59 Å². The molecule has 0 bridgehead atoms. The van der Waals surface area contributed by atoms with Crippen molar-refractivity contribution in [2.75, 3.05) is 26.8 Å². The number of halogens is 1. The Bertz CT molecular complexity index is 940. The van der Waals surface area contributed by atoms with Crippen LogP contribution in [0.1, 0.15) is 16.9 Å². The van der Waals surface area contributed by atoms with Gasteiger partial charge in [-0.2, -0.15) is 0 Å². The molecule has 1 fully saturated rings. The number of fused-ring (bicyclic) bond motifs is 1. The largest absolute Gasteiger partial charge is 0.465 e. The zero-order valence-corrected chi connectivity index (χ0v) is 16.3. The molecule has 2 aromatic rings. The fraction of sp³-hybridized carbons (Fsp3) is 0.389. The third kappa shape index (κ3) is 5.09. The molecule has 10 nitrogen and oxygen atoms in total. The van der Waals surface area contributed by atoms with Gasteiger partial charge in [0.25, 0.3) is 5.91 Å². The van der Waals surface area contributed by atoms with E-state index in [1.165, 1.54) is 12.0 Å². The number of piperidine rings is 1. The minimum Gasteiger partial charge on any atom is -0.465 e. The van der Waals surface area contributed by atoms with Crippen LogP contribution in [0.4, 0.5) is 4.79 Å². The fourth-order valence-electron chi connectivity index (χ4n) is 3.23. The quantitative estimate of drug-likeness (QED) is 0.652. The number of carbonyl (C=O) groups is 3. The smallest absolute Gasteiger partial charge is 0.405 e. The van der Waals surface area contributed by atoms with E-state index < -0.39 is 24.1 Å². The number of amides is 3. The van der Waals surface area contributed by atoms with E-state index >= 15 is 0 Å². The average molecular weight is 422 g/mol. The molecule has 11 heteroatoms. The number of nitrogens with one attached hydrogen (secondary N) is 2. The van der Waals surface area contributed by atoms with E-state index in [1.807, 2.05) is 0 Å². The Morgan fingerprint density at radius 1 is 1.24 bits per heavy atom. The molecule has 0 radical (unpaired) electrons. The second-order valence-corrected chi connectivity index (χ2v) is 7.07. The molecule has 29 heavy (non-hydrogen) atoms. The number of nitrogens with zero attached hydrogens (tertiary/aromatic N) is 3. The first kappa shape index (κ1) is 20.7. The van der Waals surface area contributed by atoms with Crippen LogP contribution < -0.4 is 10.6 Å². The summed E-state index contributed by atoms with van der Waals surface area (Å²) in [5.74, 6) is -0.721. The maximum absolute atomic E-state index is 12.7. The maximum atomic E-state index is 12.7. The van der Waals surface area contributed by atoms with Gasteiger partial charge in [0.2, 0.25) is 5.91 Å². The van der Waals surface area contributed by atoms with Crippen LogP contribution in [-0.4, -0.2) is 77.0 Å². The highest BCUT2D eigenvalue weighted by atomic mass is 35.5. The van der Waals surface area contributed by atoms with E-state index in [-0.39, 0.29) is 24.8 Å².